The van der Waals surface area contributed by atoms with Gasteiger partial charge in [-0.25, -0.2) is 8.42 Å². The maximum absolute atomic E-state index is 13.6. The molecule has 0 aliphatic carbocycles. The summed E-state index contributed by atoms with van der Waals surface area (Å²) in [5.74, 6) is 0.401. The summed E-state index contributed by atoms with van der Waals surface area (Å²) in [5.41, 5.74) is 4.71. The van der Waals surface area contributed by atoms with Gasteiger partial charge in [0.2, 0.25) is 15.9 Å². The molecule has 4 rings (SSSR count). The standard InChI is InChI=1S/C29H35N3O4S/c1-23-8-7-11-28(24(23)2)30-18-20-31(21-19-30)29(33)22-32(17-16-25-9-5-4-6-10-25)37(34,35)27-14-12-26(36-3)13-15-27/h4-15H,16-22H2,1-3H3. The van der Waals surface area contributed by atoms with Gasteiger partial charge in [0.1, 0.15) is 5.75 Å². The minimum Gasteiger partial charge on any atom is -0.497 e. The largest absolute Gasteiger partial charge is 0.497 e. The molecular formula is C29H35N3O4S. The fourth-order valence-corrected chi connectivity index (χ4v) is 6.00. The third kappa shape index (κ3) is 6.32. The number of piperazine rings is 1. The van der Waals surface area contributed by atoms with E-state index >= 15 is 0 Å². The Hall–Kier alpha value is -3.36. The van der Waals surface area contributed by atoms with E-state index in [-0.39, 0.29) is 23.9 Å². The number of hydrogen-bond acceptors (Lipinski definition) is 5. The molecule has 0 atom stereocenters. The summed E-state index contributed by atoms with van der Waals surface area (Å²) in [7, 11) is -2.34. The minimum absolute atomic E-state index is 0.147. The molecule has 3 aromatic rings. The lowest BCUT2D eigenvalue weighted by Gasteiger charge is -2.37. The van der Waals surface area contributed by atoms with Crippen LogP contribution >= 0.6 is 0 Å². The quantitative estimate of drug-likeness (QED) is 0.427. The van der Waals surface area contributed by atoms with E-state index in [1.165, 1.54) is 40.4 Å². The van der Waals surface area contributed by atoms with Crippen molar-refractivity contribution in [3.8, 4) is 5.75 Å². The van der Waals surface area contributed by atoms with E-state index in [2.05, 4.69) is 36.9 Å². The molecule has 8 heteroatoms. The maximum Gasteiger partial charge on any atom is 0.243 e. The van der Waals surface area contributed by atoms with Gasteiger partial charge in [0.25, 0.3) is 0 Å². The van der Waals surface area contributed by atoms with Crippen LogP contribution in [0.25, 0.3) is 0 Å². The van der Waals surface area contributed by atoms with Gasteiger partial charge < -0.3 is 14.5 Å². The molecule has 0 N–H and O–H groups in total. The fraction of sp³-hybridized carbons (Fsp3) is 0.345. The Morgan fingerprint density at radius 1 is 0.892 bits per heavy atom. The summed E-state index contributed by atoms with van der Waals surface area (Å²) in [5, 5.41) is 0. The lowest BCUT2D eigenvalue weighted by atomic mass is 10.1. The van der Waals surface area contributed by atoms with Crippen LogP contribution in [0.5, 0.6) is 5.75 Å². The molecular weight excluding hydrogens is 486 g/mol. The van der Waals surface area contributed by atoms with Crippen molar-refractivity contribution in [1.82, 2.24) is 9.21 Å². The molecule has 1 heterocycles. The molecule has 0 unspecified atom stereocenters. The second-order valence-electron chi connectivity index (χ2n) is 9.34. The summed E-state index contributed by atoms with van der Waals surface area (Å²) in [4.78, 5) is 17.6. The van der Waals surface area contributed by atoms with Crippen LogP contribution < -0.4 is 9.64 Å². The lowest BCUT2D eigenvalue weighted by Crippen LogP contribution is -2.52. The predicted octanol–water partition coefficient (Wildman–Crippen LogP) is 3.89. The molecule has 0 spiro atoms. The van der Waals surface area contributed by atoms with Crippen molar-refractivity contribution < 1.29 is 17.9 Å². The van der Waals surface area contributed by atoms with Crippen molar-refractivity contribution in [2.75, 3.05) is 51.3 Å². The highest BCUT2D eigenvalue weighted by atomic mass is 32.2. The molecule has 3 aromatic carbocycles. The second-order valence-corrected chi connectivity index (χ2v) is 11.3. The first kappa shape index (κ1) is 26.7. The van der Waals surface area contributed by atoms with Crippen LogP contribution in [-0.2, 0) is 21.2 Å². The molecule has 0 saturated carbocycles. The van der Waals surface area contributed by atoms with Crippen molar-refractivity contribution in [1.29, 1.82) is 0 Å². The van der Waals surface area contributed by atoms with E-state index in [1.807, 2.05) is 30.3 Å². The van der Waals surface area contributed by atoms with Crippen LogP contribution in [0.3, 0.4) is 0 Å². The van der Waals surface area contributed by atoms with Crippen LogP contribution in [0.4, 0.5) is 5.69 Å². The topological polar surface area (TPSA) is 70.2 Å². The van der Waals surface area contributed by atoms with E-state index < -0.39 is 10.0 Å². The molecule has 0 aromatic heterocycles. The number of carbonyl (C=O) groups is 1. The number of hydrogen-bond donors (Lipinski definition) is 0. The molecule has 0 bridgehead atoms. The summed E-state index contributed by atoms with van der Waals surface area (Å²) in [6.45, 7) is 6.79. The molecule has 1 fully saturated rings. The van der Waals surface area contributed by atoms with Crippen LogP contribution in [-0.4, -0.2) is 69.9 Å². The Labute approximate surface area is 220 Å². The Morgan fingerprint density at radius 2 is 1.57 bits per heavy atom. The highest BCUT2D eigenvalue weighted by molar-refractivity contribution is 7.89. The van der Waals surface area contributed by atoms with E-state index in [4.69, 9.17) is 4.74 Å². The number of amides is 1. The third-order valence-corrected chi connectivity index (χ3v) is 8.91. The first-order valence-corrected chi connectivity index (χ1v) is 14.0. The van der Waals surface area contributed by atoms with Crippen LogP contribution in [0, 0.1) is 13.8 Å². The summed E-state index contributed by atoms with van der Waals surface area (Å²) in [6.07, 6.45) is 0.518. The number of methoxy groups -OCH3 is 1. The first-order valence-electron chi connectivity index (χ1n) is 12.6. The van der Waals surface area contributed by atoms with Crippen molar-refractivity contribution in [3.63, 3.8) is 0 Å². The van der Waals surface area contributed by atoms with Crippen molar-refractivity contribution in [2.24, 2.45) is 0 Å². The Morgan fingerprint density at radius 3 is 2.22 bits per heavy atom. The average Bonchev–Trinajstić information content (AvgIpc) is 2.93. The zero-order valence-electron chi connectivity index (χ0n) is 21.8. The smallest absolute Gasteiger partial charge is 0.243 e. The van der Waals surface area contributed by atoms with Crippen LogP contribution in [0.1, 0.15) is 16.7 Å². The van der Waals surface area contributed by atoms with Gasteiger partial charge >= 0.3 is 0 Å². The highest BCUT2D eigenvalue weighted by Crippen LogP contribution is 2.24. The molecule has 196 valence electrons. The van der Waals surface area contributed by atoms with Crippen molar-refractivity contribution in [2.45, 2.75) is 25.2 Å². The van der Waals surface area contributed by atoms with E-state index in [1.54, 1.807) is 17.0 Å². The zero-order chi connectivity index (χ0) is 26.4. The summed E-state index contributed by atoms with van der Waals surface area (Å²) < 4.78 is 33.6. The molecule has 1 amide bonds. The van der Waals surface area contributed by atoms with Gasteiger partial charge in [0.05, 0.1) is 18.6 Å². The number of carbonyl (C=O) groups excluding carboxylic acids is 1. The monoisotopic (exact) mass is 521 g/mol. The molecule has 0 radical (unpaired) electrons. The fourth-order valence-electron chi connectivity index (χ4n) is 4.61. The SMILES string of the molecule is COc1ccc(S(=O)(=O)N(CCc2ccccc2)CC(=O)N2CCN(c3cccc(C)c3C)CC2)cc1. The van der Waals surface area contributed by atoms with Crippen LogP contribution in [0.2, 0.25) is 0 Å². The van der Waals surface area contributed by atoms with E-state index in [9.17, 15) is 13.2 Å². The molecule has 7 nitrogen and oxygen atoms in total. The van der Waals surface area contributed by atoms with E-state index in [0.29, 0.717) is 38.3 Å². The molecule has 37 heavy (non-hydrogen) atoms. The molecule has 1 aliphatic rings. The highest BCUT2D eigenvalue weighted by Gasteiger charge is 2.30. The zero-order valence-corrected chi connectivity index (χ0v) is 22.6. The van der Waals surface area contributed by atoms with Gasteiger partial charge in [-0.15, -0.1) is 0 Å². The van der Waals surface area contributed by atoms with Gasteiger partial charge in [-0.3, -0.25) is 4.79 Å². The Bertz CT molecular complexity index is 1300. The third-order valence-electron chi connectivity index (χ3n) is 7.05. The second kappa shape index (κ2) is 11.8. The van der Waals surface area contributed by atoms with Crippen molar-refractivity contribution in [3.05, 3.63) is 89.5 Å². The first-order chi connectivity index (χ1) is 17.8. The van der Waals surface area contributed by atoms with Gasteiger partial charge in [-0.1, -0.05) is 42.5 Å². The van der Waals surface area contributed by atoms with Gasteiger partial charge in [-0.05, 0) is 67.3 Å². The van der Waals surface area contributed by atoms with Gasteiger partial charge in [0, 0.05) is 38.4 Å². The van der Waals surface area contributed by atoms with Gasteiger partial charge in [0.15, 0.2) is 0 Å². The van der Waals surface area contributed by atoms with E-state index in [0.717, 1.165) is 5.56 Å². The number of aryl methyl sites for hydroxylation is 1. The minimum atomic E-state index is -3.87. The predicted molar refractivity (Wildman–Crippen MR) is 147 cm³/mol. The normalized spacial score (nSPS) is 14.2. The Balaban J connectivity index is 1.47. The number of nitrogens with zero attached hydrogens (tertiary/aromatic N) is 3. The molecule has 1 saturated heterocycles. The average molecular weight is 522 g/mol. The van der Waals surface area contributed by atoms with Crippen LogP contribution in [0.15, 0.2) is 77.7 Å². The lowest BCUT2D eigenvalue weighted by molar-refractivity contribution is -0.131. The van der Waals surface area contributed by atoms with Gasteiger partial charge in [-0.2, -0.15) is 4.31 Å². The number of anilines is 1. The summed E-state index contributed by atoms with van der Waals surface area (Å²) in [6, 6.07) is 22.3. The number of benzene rings is 3. The molecule has 1 aliphatic heterocycles. The number of rotatable bonds is 9. The summed E-state index contributed by atoms with van der Waals surface area (Å²) >= 11 is 0. The Kier molecular flexibility index (Phi) is 8.51. The number of sulfonamides is 1. The number of ether oxygens (including phenoxy) is 1. The maximum atomic E-state index is 13.6. The van der Waals surface area contributed by atoms with Crippen molar-refractivity contribution >= 4 is 21.6 Å².